The van der Waals surface area contributed by atoms with Crippen molar-refractivity contribution in [1.82, 2.24) is 5.32 Å². The molecule has 2 N–H and O–H groups in total. The third-order valence-electron chi connectivity index (χ3n) is 3.60. The van der Waals surface area contributed by atoms with E-state index in [1.807, 2.05) is 0 Å². The lowest BCUT2D eigenvalue weighted by atomic mass is 10.0. The van der Waals surface area contributed by atoms with Crippen LogP contribution in [0, 0.1) is 0 Å². The van der Waals surface area contributed by atoms with E-state index in [1.165, 1.54) is 16.3 Å². The Bertz CT molecular complexity index is 535. The summed E-state index contributed by atoms with van der Waals surface area (Å²) >= 11 is 0. The van der Waals surface area contributed by atoms with E-state index < -0.39 is 0 Å². The third kappa shape index (κ3) is 3.79. The third-order valence-corrected chi connectivity index (χ3v) is 3.60. The van der Waals surface area contributed by atoms with Gasteiger partial charge in [0.15, 0.2) is 0 Å². The van der Waals surface area contributed by atoms with Gasteiger partial charge >= 0.3 is 0 Å². The van der Waals surface area contributed by atoms with Crippen LogP contribution < -0.4 is 5.32 Å². The van der Waals surface area contributed by atoms with Gasteiger partial charge in [0, 0.05) is 25.8 Å². The smallest absolute Gasteiger partial charge is 0.0616 e. The van der Waals surface area contributed by atoms with Crippen LogP contribution >= 0.6 is 0 Å². The summed E-state index contributed by atoms with van der Waals surface area (Å²) in [6.45, 7) is 2.92. The number of fused-ring (bicyclic) bond motifs is 1. The van der Waals surface area contributed by atoms with Gasteiger partial charge in [0.05, 0.1) is 6.61 Å². The first kappa shape index (κ1) is 15.0. The molecule has 0 heterocycles. The predicted molar refractivity (Wildman–Crippen MR) is 82.9 cm³/mol. The molecule has 2 aromatic rings. The molecule has 2 unspecified atom stereocenters. The van der Waals surface area contributed by atoms with Gasteiger partial charge in [0.25, 0.3) is 0 Å². The second-order valence-corrected chi connectivity index (χ2v) is 5.16. The first-order valence-corrected chi connectivity index (χ1v) is 7.09. The SMILES string of the molecule is COCC(CCO)NC(C)c1ccc2ccccc2c1. The normalized spacial score (nSPS) is 14.3. The van der Waals surface area contributed by atoms with Crippen molar-refractivity contribution in [2.45, 2.75) is 25.4 Å². The van der Waals surface area contributed by atoms with Crippen molar-refractivity contribution in [2.75, 3.05) is 20.3 Å². The largest absolute Gasteiger partial charge is 0.396 e. The predicted octanol–water partition coefficient (Wildman–Crippen LogP) is 2.89. The number of benzene rings is 2. The molecule has 20 heavy (non-hydrogen) atoms. The van der Waals surface area contributed by atoms with E-state index in [0.29, 0.717) is 13.0 Å². The van der Waals surface area contributed by atoms with Gasteiger partial charge in [-0.05, 0) is 35.7 Å². The first-order chi connectivity index (χ1) is 9.74. The van der Waals surface area contributed by atoms with Gasteiger partial charge in [0.2, 0.25) is 0 Å². The lowest BCUT2D eigenvalue weighted by Gasteiger charge is -2.22. The van der Waals surface area contributed by atoms with Gasteiger partial charge in [-0.3, -0.25) is 0 Å². The van der Waals surface area contributed by atoms with Gasteiger partial charge in [0.1, 0.15) is 0 Å². The molecule has 0 spiro atoms. The highest BCUT2D eigenvalue weighted by Crippen LogP contribution is 2.20. The van der Waals surface area contributed by atoms with E-state index >= 15 is 0 Å². The van der Waals surface area contributed by atoms with Gasteiger partial charge in [-0.2, -0.15) is 0 Å². The van der Waals surface area contributed by atoms with Crippen LogP contribution in [0.5, 0.6) is 0 Å². The fraction of sp³-hybridized carbons (Fsp3) is 0.412. The summed E-state index contributed by atoms with van der Waals surface area (Å²) in [6, 6.07) is 15.3. The van der Waals surface area contributed by atoms with E-state index in [1.54, 1.807) is 7.11 Å². The molecule has 0 radical (unpaired) electrons. The quantitative estimate of drug-likeness (QED) is 0.815. The lowest BCUT2D eigenvalue weighted by Crippen LogP contribution is -2.36. The first-order valence-electron chi connectivity index (χ1n) is 7.09. The number of aliphatic hydroxyl groups is 1. The Morgan fingerprint density at radius 2 is 1.90 bits per heavy atom. The van der Waals surface area contributed by atoms with E-state index in [4.69, 9.17) is 9.84 Å². The van der Waals surface area contributed by atoms with Crippen LogP contribution in [0.3, 0.4) is 0 Å². The molecule has 108 valence electrons. The van der Waals surface area contributed by atoms with Gasteiger partial charge in [-0.1, -0.05) is 36.4 Å². The van der Waals surface area contributed by atoms with Crippen molar-refractivity contribution in [2.24, 2.45) is 0 Å². The number of methoxy groups -OCH3 is 1. The highest BCUT2D eigenvalue weighted by molar-refractivity contribution is 5.83. The maximum atomic E-state index is 9.09. The highest BCUT2D eigenvalue weighted by Gasteiger charge is 2.13. The minimum absolute atomic E-state index is 0.172. The molecule has 3 heteroatoms. The van der Waals surface area contributed by atoms with Gasteiger partial charge < -0.3 is 15.2 Å². The summed E-state index contributed by atoms with van der Waals surface area (Å²) < 4.78 is 5.19. The summed E-state index contributed by atoms with van der Waals surface area (Å²) in [4.78, 5) is 0. The second kappa shape index (κ2) is 7.39. The van der Waals surface area contributed by atoms with E-state index in [9.17, 15) is 0 Å². The molecular weight excluding hydrogens is 250 g/mol. The fourth-order valence-electron chi connectivity index (χ4n) is 2.50. The Kier molecular flexibility index (Phi) is 5.53. The van der Waals surface area contributed by atoms with Crippen molar-refractivity contribution >= 4 is 10.8 Å². The van der Waals surface area contributed by atoms with Crippen LogP contribution in [0.2, 0.25) is 0 Å². The number of ether oxygens (including phenoxy) is 1. The molecule has 2 rings (SSSR count). The molecule has 2 aromatic carbocycles. The summed E-state index contributed by atoms with van der Waals surface area (Å²) in [7, 11) is 1.69. The van der Waals surface area contributed by atoms with Crippen LogP contribution in [0.1, 0.15) is 24.9 Å². The molecule has 0 aliphatic rings. The maximum Gasteiger partial charge on any atom is 0.0616 e. The Balaban J connectivity index is 2.11. The molecule has 0 aliphatic heterocycles. The number of nitrogens with one attached hydrogen (secondary N) is 1. The van der Waals surface area contributed by atoms with Crippen molar-refractivity contribution in [3.05, 3.63) is 48.0 Å². The molecule has 0 aliphatic carbocycles. The summed E-state index contributed by atoms with van der Waals surface area (Å²) in [5.41, 5.74) is 1.25. The molecule has 0 fully saturated rings. The second-order valence-electron chi connectivity index (χ2n) is 5.16. The lowest BCUT2D eigenvalue weighted by molar-refractivity contribution is 0.143. The molecule has 0 saturated heterocycles. The van der Waals surface area contributed by atoms with Gasteiger partial charge in [-0.25, -0.2) is 0 Å². The van der Waals surface area contributed by atoms with Crippen LogP contribution in [-0.4, -0.2) is 31.5 Å². The molecule has 0 bridgehead atoms. The minimum Gasteiger partial charge on any atom is -0.396 e. The molecule has 0 saturated carbocycles. The van der Waals surface area contributed by atoms with Gasteiger partial charge in [-0.15, -0.1) is 0 Å². The van der Waals surface area contributed by atoms with E-state index in [-0.39, 0.29) is 18.7 Å². The minimum atomic E-state index is 0.172. The van der Waals surface area contributed by atoms with Crippen LogP contribution in [0.25, 0.3) is 10.8 Å². The van der Waals surface area contributed by atoms with Crippen LogP contribution in [0.4, 0.5) is 0 Å². The Hall–Kier alpha value is -1.42. The zero-order valence-corrected chi connectivity index (χ0v) is 12.2. The zero-order valence-electron chi connectivity index (χ0n) is 12.2. The Morgan fingerprint density at radius 3 is 2.60 bits per heavy atom. The summed E-state index contributed by atoms with van der Waals surface area (Å²) in [6.07, 6.45) is 0.700. The van der Waals surface area contributed by atoms with Crippen LogP contribution in [-0.2, 0) is 4.74 Å². The topological polar surface area (TPSA) is 41.5 Å². The van der Waals surface area contributed by atoms with E-state index in [2.05, 4.69) is 54.7 Å². The number of aliphatic hydroxyl groups excluding tert-OH is 1. The zero-order chi connectivity index (χ0) is 14.4. The molecular formula is C17H23NO2. The molecule has 0 aromatic heterocycles. The average molecular weight is 273 g/mol. The number of rotatable bonds is 7. The molecule has 0 amide bonds. The van der Waals surface area contributed by atoms with Crippen molar-refractivity contribution in [3.8, 4) is 0 Å². The molecule has 2 atom stereocenters. The van der Waals surface area contributed by atoms with Crippen molar-refractivity contribution in [3.63, 3.8) is 0 Å². The average Bonchev–Trinajstić information content (AvgIpc) is 2.47. The van der Waals surface area contributed by atoms with Crippen molar-refractivity contribution in [1.29, 1.82) is 0 Å². The van der Waals surface area contributed by atoms with E-state index in [0.717, 1.165) is 0 Å². The Labute approximate surface area is 120 Å². The summed E-state index contributed by atoms with van der Waals surface area (Å²) in [5, 5.41) is 15.1. The van der Waals surface area contributed by atoms with Crippen molar-refractivity contribution < 1.29 is 9.84 Å². The standard InChI is InChI=1S/C17H23NO2/c1-13(18-17(9-10-19)12-20-2)15-8-7-14-5-3-4-6-16(14)11-15/h3-8,11,13,17-19H,9-10,12H2,1-2H3. The number of hydrogen-bond acceptors (Lipinski definition) is 3. The maximum absolute atomic E-state index is 9.09. The highest BCUT2D eigenvalue weighted by atomic mass is 16.5. The summed E-state index contributed by atoms with van der Waals surface area (Å²) in [5.74, 6) is 0. The Morgan fingerprint density at radius 1 is 1.15 bits per heavy atom. The number of hydrogen-bond donors (Lipinski definition) is 2. The van der Waals surface area contributed by atoms with Crippen LogP contribution in [0.15, 0.2) is 42.5 Å². The fourth-order valence-corrected chi connectivity index (χ4v) is 2.50. The molecule has 3 nitrogen and oxygen atoms in total. The monoisotopic (exact) mass is 273 g/mol.